The third kappa shape index (κ3) is 4.12. The summed E-state index contributed by atoms with van der Waals surface area (Å²) < 4.78 is 0. The van der Waals surface area contributed by atoms with Crippen molar-refractivity contribution >= 4 is 23.1 Å². The van der Waals surface area contributed by atoms with Crippen LogP contribution in [-0.2, 0) is 0 Å². The molecule has 0 saturated heterocycles. The summed E-state index contributed by atoms with van der Waals surface area (Å²) >= 11 is 0. The Balaban J connectivity index is 1.76. The molecule has 25 heavy (non-hydrogen) atoms. The number of rotatable bonds is 5. The van der Waals surface area contributed by atoms with Crippen molar-refractivity contribution in [2.45, 2.75) is 33.6 Å². The largest absolute Gasteiger partial charge is 0.339 e. The molecule has 0 atom stereocenters. The molecule has 0 fully saturated rings. The highest BCUT2D eigenvalue weighted by atomic mass is 15.3. The highest BCUT2D eigenvalue weighted by Gasteiger charge is 2.05. The predicted molar refractivity (Wildman–Crippen MR) is 103 cm³/mol. The molecule has 0 aliphatic heterocycles. The standard InChI is InChI=1S/C20H23N5/c1-13(2)16-8-10-17(11-9-16)22-20-24-19(12-21-25-20)23-18-7-5-6-14(3)15(18)4/h5-13H,1-4H3,(H2,22,23,24,25). The van der Waals surface area contributed by atoms with E-state index >= 15 is 0 Å². The number of anilines is 4. The zero-order valence-electron chi connectivity index (χ0n) is 15.0. The van der Waals surface area contributed by atoms with Crippen LogP contribution in [0.5, 0.6) is 0 Å². The summed E-state index contributed by atoms with van der Waals surface area (Å²) in [6, 6.07) is 14.4. The number of nitrogens with zero attached hydrogens (tertiary/aromatic N) is 3. The van der Waals surface area contributed by atoms with Gasteiger partial charge in [-0.15, -0.1) is 5.10 Å². The van der Waals surface area contributed by atoms with Gasteiger partial charge in [0.25, 0.3) is 0 Å². The third-order valence-corrected chi connectivity index (χ3v) is 4.26. The zero-order chi connectivity index (χ0) is 17.8. The Morgan fingerprint density at radius 1 is 0.920 bits per heavy atom. The smallest absolute Gasteiger partial charge is 0.249 e. The number of nitrogens with one attached hydrogen (secondary N) is 2. The van der Waals surface area contributed by atoms with Gasteiger partial charge in [0.2, 0.25) is 5.95 Å². The predicted octanol–water partition coefficient (Wildman–Crippen LogP) is 5.10. The van der Waals surface area contributed by atoms with Gasteiger partial charge in [-0.25, -0.2) is 0 Å². The van der Waals surface area contributed by atoms with Gasteiger partial charge in [0.1, 0.15) is 0 Å². The normalized spacial score (nSPS) is 10.8. The summed E-state index contributed by atoms with van der Waals surface area (Å²) in [4.78, 5) is 4.50. The van der Waals surface area contributed by atoms with E-state index in [2.05, 4.69) is 71.7 Å². The Hall–Kier alpha value is -2.95. The first-order valence-corrected chi connectivity index (χ1v) is 8.43. The Bertz CT molecular complexity index is 856. The van der Waals surface area contributed by atoms with Crippen LogP contribution in [0.25, 0.3) is 0 Å². The second-order valence-corrected chi connectivity index (χ2v) is 6.44. The summed E-state index contributed by atoms with van der Waals surface area (Å²) in [6.45, 7) is 8.53. The molecule has 5 heteroatoms. The molecule has 0 saturated carbocycles. The van der Waals surface area contributed by atoms with Crippen LogP contribution in [0.15, 0.2) is 48.7 Å². The molecule has 5 nitrogen and oxygen atoms in total. The van der Waals surface area contributed by atoms with Crippen molar-refractivity contribution in [2.75, 3.05) is 10.6 Å². The van der Waals surface area contributed by atoms with Crippen molar-refractivity contribution in [2.24, 2.45) is 0 Å². The highest BCUT2D eigenvalue weighted by Crippen LogP contribution is 2.23. The maximum atomic E-state index is 4.50. The van der Waals surface area contributed by atoms with Crippen LogP contribution < -0.4 is 10.6 Å². The van der Waals surface area contributed by atoms with Crippen molar-refractivity contribution in [3.63, 3.8) is 0 Å². The quantitative estimate of drug-likeness (QED) is 0.680. The maximum absolute atomic E-state index is 4.50. The third-order valence-electron chi connectivity index (χ3n) is 4.26. The van der Waals surface area contributed by atoms with Gasteiger partial charge in [-0.05, 0) is 54.7 Å². The molecule has 3 aromatic rings. The lowest BCUT2D eigenvalue weighted by Crippen LogP contribution is -2.03. The molecule has 2 aromatic carbocycles. The van der Waals surface area contributed by atoms with Crippen molar-refractivity contribution in [1.29, 1.82) is 0 Å². The number of aryl methyl sites for hydroxylation is 1. The first-order valence-electron chi connectivity index (χ1n) is 8.43. The zero-order valence-corrected chi connectivity index (χ0v) is 15.0. The molecule has 0 spiro atoms. The SMILES string of the molecule is Cc1cccc(Nc2cnnc(Nc3ccc(C(C)C)cc3)n2)c1C. The molecule has 0 amide bonds. The summed E-state index contributed by atoms with van der Waals surface area (Å²) in [5.41, 5.74) is 5.69. The first kappa shape index (κ1) is 16.9. The van der Waals surface area contributed by atoms with Crippen molar-refractivity contribution in [1.82, 2.24) is 15.2 Å². The van der Waals surface area contributed by atoms with Crippen LogP contribution in [0.1, 0.15) is 36.5 Å². The molecule has 1 heterocycles. The van der Waals surface area contributed by atoms with E-state index in [1.165, 1.54) is 16.7 Å². The molecular weight excluding hydrogens is 310 g/mol. The van der Waals surface area contributed by atoms with Gasteiger partial charge in [-0.1, -0.05) is 38.1 Å². The van der Waals surface area contributed by atoms with E-state index in [0.29, 0.717) is 17.7 Å². The summed E-state index contributed by atoms with van der Waals surface area (Å²) in [7, 11) is 0. The number of hydrogen-bond acceptors (Lipinski definition) is 5. The minimum atomic E-state index is 0.465. The van der Waals surface area contributed by atoms with Gasteiger partial charge < -0.3 is 10.6 Å². The van der Waals surface area contributed by atoms with Gasteiger partial charge in [-0.3, -0.25) is 0 Å². The van der Waals surface area contributed by atoms with Crippen LogP contribution >= 0.6 is 0 Å². The molecule has 0 aliphatic carbocycles. The molecule has 2 N–H and O–H groups in total. The monoisotopic (exact) mass is 333 g/mol. The summed E-state index contributed by atoms with van der Waals surface area (Å²) in [5.74, 6) is 1.63. The van der Waals surface area contributed by atoms with Gasteiger partial charge in [0.15, 0.2) is 5.82 Å². The molecular formula is C20H23N5. The van der Waals surface area contributed by atoms with Crippen LogP contribution in [0.2, 0.25) is 0 Å². The lowest BCUT2D eigenvalue weighted by molar-refractivity contribution is 0.867. The molecule has 128 valence electrons. The average molecular weight is 333 g/mol. The lowest BCUT2D eigenvalue weighted by Gasteiger charge is -2.11. The number of hydrogen-bond donors (Lipinski definition) is 2. The Labute approximate surface area is 148 Å². The van der Waals surface area contributed by atoms with Gasteiger partial charge >= 0.3 is 0 Å². The van der Waals surface area contributed by atoms with Crippen LogP contribution in [0.3, 0.4) is 0 Å². The molecule has 1 aromatic heterocycles. The number of aromatic nitrogens is 3. The van der Waals surface area contributed by atoms with Crippen LogP contribution in [0, 0.1) is 13.8 Å². The molecule has 0 aliphatic rings. The van der Waals surface area contributed by atoms with Gasteiger partial charge in [0, 0.05) is 11.4 Å². The van der Waals surface area contributed by atoms with E-state index in [4.69, 9.17) is 0 Å². The van der Waals surface area contributed by atoms with Crippen LogP contribution in [-0.4, -0.2) is 15.2 Å². The van der Waals surface area contributed by atoms with E-state index in [1.54, 1.807) is 6.20 Å². The first-order chi connectivity index (χ1) is 12.0. The molecule has 0 unspecified atom stereocenters. The highest BCUT2D eigenvalue weighted by molar-refractivity contribution is 5.62. The molecule has 3 rings (SSSR count). The van der Waals surface area contributed by atoms with Crippen molar-refractivity contribution < 1.29 is 0 Å². The minimum Gasteiger partial charge on any atom is -0.339 e. The Kier molecular flexibility index (Phi) is 4.93. The fourth-order valence-corrected chi connectivity index (χ4v) is 2.52. The minimum absolute atomic E-state index is 0.465. The summed E-state index contributed by atoms with van der Waals surface area (Å²) in [6.07, 6.45) is 1.62. The van der Waals surface area contributed by atoms with E-state index in [9.17, 15) is 0 Å². The van der Waals surface area contributed by atoms with E-state index < -0.39 is 0 Å². The molecule has 0 bridgehead atoms. The second kappa shape index (κ2) is 7.30. The maximum Gasteiger partial charge on any atom is 0.249 e. The fraction of sp³-hybridized carbons (Fsp3) is 0.250. The van der Waals surface area contributed by atoms with Crippen LogP contribution in [0.4, 0.5) is 23.1 Å². The topological polar surface area (TPSA) is 62.7 Å². The van der Waals surface area contributed by atoms with Gasteiger partial charge in [0.05, 0.1) is 6.20 Å². The van der Waals surface area contributed by atoms with Crippen molar-refractivity contribution in [3.8, 4) is 0 Å². The van der Waals surface area contributed by atoms with E-state index in [1.807, 2.05) is 24.3 Å². The molecule has 0 radical (unpaired) electrons. The fourth-order valence-electron chi connectivity index (χ4n) is 2.52. The Morgan fingerprint density at radius 2 is 1.68 bits per heavy atom. The van der Waals surface area contributed by atoms with Crippen molar-refractivity contribution in [3.05, 3.63) is 65.4 Å². The average Bonchev–Trinajstić information content (AvgIpc) is 2.60. The lowest BCUT2D eigenvalue weighted by atomic mass is 10.0. The van der Waals surface area contributed by atoms with E-state index in [-0.39, 0.29) is 0 Å². The van der Waals surface area contributed by atoms with E-state index in [0.717, 1.165) is 11.4 Å². The number of benzene rings is 2. The Morgan fingerprint density at radius 3 is 2.40 bits per heavy atom. The second-order valence-electron chi connectivity index (χ2n) is 6.44. The van der Waals surface area contributed by atoms with Gasteiger partial charge in [-0.2, -0.15) is 10.1 Å². The summed E-state index contributed by atoms with van der Waals surface area (Å²) in [5, 5.41) is 14.6.